The van der Waals surface area contributed by atoms with Crippen molar-refractivity contribution < 1.29 is 19.5 Å². The van der Waals surface area contributed by atoms with Crippen molar-refractivity contribution in [2.24, 2.45) is 5.16 Å². The molecule has 3 N–H and O–H groups in total. The third-order valence-corrected chi connectivity index (χ3v) is 2.32. The molecule has 0 fully saturated rings. The van der Waals surface area contributed by atoms with Crippen molar-refractivity contribution >= 4 is 17.6 Å². The number of rotatable bonds is 4. The lowest BCUT2D eigenvalue weighted by molar-refractivity contribution is -0.132. The Morgan fingerprint density at radius 2 is 2.39 bits per heavy atom. The topological polar surface area (TPSA) is 142 Å². The third-order valence-electron chi connectivity index (χ3n) is 2.32. The minimum atomic E-state index is -1.20. The first-order valence-corrected chi connectivity index (χ1v) is 5.07. The molecule has 2 heterocycles. The van der Waals surface area contributed by atoms with E-state index in [1.54, 1.807) is 6.92 Å². The van der Waals surface area contributed by atoms with Gasteiger partial charge in [0.1, 0.15) is 0 Å². The van der Waals surface area contributed by atoms with Crippen LogP contribution in [0.4, 0.5) is 0 Å². The minimum Gasteiger partial charge on any atom is -0.477 e. The van der Waals surface area contributed by atoms with Crippen LogP contribution in [-0.2, 0) is 14.4 Å². The highest BCUT2D eigenvalue weighted by atomic mass is 16.6. The van der Waals surface area contributed by atoms with Crippen molar-refractivity contribution in [1.29, 1.82) is 0 Å². The van der Waals surface area contributed by atoms with Gasteiger partial charge in [0.05, 0.1) is 6.04 Å². The van der Waals surface area contributed by atoms with Crippen LogP contribution in [0.2, 0.25) is 0 Å². The number of aromatic amines is 1. The van der Waals surface area contributed by atoms with Gasteiger partial charge in [0, 0.05) is 6.42 Å². The molecule has 1 amide bonds. The fourth-order valence-corrected chi connectivity index (χ4v) is 1.37. The monoisotopic (exact) mass is 254 g/mol. The number of hydrogen-bond donors (Lipinski definition) is 3. The Hall–Kier alpha value is -2.52. The fraction of sp³-hybridized carbons (Fsp3) is 0.500. The Kier molecular flexibility index (Phi) is 3.17. The van der Waals surface area contributed by atoms with E-state index in [0.29, 0.717) is 5.82 Å². The Morgan fingerprint density at radius 1 is 1.61 bits per heavy atom. The standard InChI is InChI=1S/C8H10N6O4/c1-3(6-10-13-14-11-6)9-7(15)5-2-4(8(16)17)12-18-5/h3,5H,2H2,1H3,(H,9,15)(H,16,17)(H,10,11,13,14). The fourth-order valence-electron chi connectivity index (χ4n) is 1.37. The number of carbonyl (C=O) groups is 2. The molecule has 2 unspecified atom stereocenters. The van der Waals surface area contributed by atoms with E-state index in [1.165, 1.54) is 0 Å². The molecule has 0 aromatic carbocycles. The first kappa shape index (κ1) is 12.0. The molecule has 18 heavy (non-hydrogen) atoms. The summed E-state index contributed by atoms with van der Waals surface area (Å²) in [6, 6.07) is -0.464. The largest absolute Gasteiger partial charge is 0.477 e. The maximum absolute atomic E-state index is 11.7. The first-order chi connectivity index (χ1) is 8.58. The molecule has 10 nitrogen and oxygen atoms in total. The number of aromatic nitrogens is 4. The highest BCUT2D eigenvalue weighted by molar-refractivity contribution is 6.36. The average molecular weight is 254 g/mol. The molecule has 0 bridgehead atoms. The van der Waals surface area contributed by atoms with Gasteiger partial charge in [0.25, 0.3) is 5.91 Å². The van der Waals surface area contributed by atoms with E-state index in [-0.39, 0.29) is 12.1 Å². The molecule has 0 aliphatic carbocycles. The number of nitrogens with one attached hydrogen (secondary N) is 2. The predicted molar refractivity (Wildman–Crippen MR) is 55.3 cm³/mol. The number of carboxylic acid groups (broad SMARTS) is 1. The highest BCUT2D eigenvalue weighted by Gasteiger charge is 2.32. The zero-order valence-corrected chi connectivity index (χ0v) is 9.32. The summed E-state index contributed by atoms with van der Waals surface area (Å²) >= 11 is 0. The van der Waals surface area contributed by atoms with Crippen LogP contribution in [0, 0.1) is 0 Å². The smallest absolute Gasteiger partial charge is 0.353 e. The summed E-state index contributed by atoms with van der Waals surface area (Å²) in [5, 5.41) is 27.6. The Balaban J connectivity index is 1.89. The maximum Gasteiger partial charge on any atom is 0.353 e. The van der Waals surface area contributed by atoms with Gasteiger partial charge in [-0.25, -0.2) is 4.79 Å². The van der Waals surface area contributed by atoms with Crippen molar-refractivity contribution in [3.63, 3.8) is 0 Å². The number of amides is 1. The molecular formula is C8H10N6O4. The summed E-state index contributed by atoms with van der Waals surface area (Å²) in [5.41, 5.74) is -0.178. The summed E-state index contributed by atoms with van der Waals surface area (Å²) in [4.78, 5) is 27.1. The zero-order valence-electron chi connectivity index (χ0n) is 9.32. The van der Waals surface area contributed by atoms with E-state index in [4.69, 9.17) is 9.94 Å². The van der Waals surface area contributed by atoms with Crippen LogP contribution in [-0.4, -0.2) is 49.4 Å². The highest BCUT2D eigenvalue weighted by Crippen LogP contribution is 2.12. The van der Waals surface area contributed by atoms with Crippen LogP contribution in [0.5, 0.6) is 0 Å². The van der Waals surface area contributed by atoms with Gasteiger partial charge in [-0.2, -0.15) is 5.21 Å². The number of nitrogens with zero attached hydrogens (tertiary/aromatic N) is 4. The van der Waals surface area contributed by atoms with E-state index < -0.39 is 24.0 Å². The number of aliphatic carboxylic acids is 1. The molecule has 0 saturated heterocycles. The van der Waals surface area contributed by atoms with Gasteiger partial charge < -0.3 is 15.3 Å². The molecule has 96 valence electrons. The Morgan fingerprint density at radius 3 is 2.94 bits per heavy atom. The number of tetrazole rings is 1. The number of H-pyrrole nitrogens is 1. The molecule has 0 radical (unpaired) electrons. The maximum atomic E-state index is 11.7. The minimum absolute atomic E-state index is 0.0693. The lowest BCUT2D eigenvalue weighted by Gasteiger charge is -2.12. The Bertz CT molecular complexity index is 484. The summed E-state index contributed by atoms with van der Waals surface area (Å²) in [7, 11) is 0. The first-order valence-electron chi connectivity index (χ1n) is 5.07. The molecule has 2 atom stereocenters. The van der Waals surface area contributed by atoms with E-state index in [0.717, 1.165) is 0 Å². The molecule has 10 heteroatoms. The molecule has 0 saturated carbocycles. The van der Waals surface area contributed by atoms with Crippen LogP contribution in [0.15, 0.2) is 5.16 Å². The van der Waals surface area contributed by atoms with Crippen molar-refractivity contribution in [1.82, 2.24) is 25.9 Å². The quantitative estimate of drug-likeness (QED) is 0.600. The van der Waals surface area contributed by atoms with E-state index >= 15 is 0 Å². The van der Waals surface area contributed by atoms with Crippen molar-refractivity contribution in [2.75, 3.05) is 0 Å². The molecule has 1 aliphatic heterocycles. The van der Waals surface area contributed by atoms with Gasteiger partial charge in [0.15, 0.2) is 11.5 Å². The Labute approximate surface area is 100 Å². The van der Waals surface area contributed by atoms with Gasteiger partial charge in [-0.15, -0.1) is 10.2 Å². The normalized spacial score (nSPS) is 19.8. The molecular weight excluding hydrogens is 244 g/mol. The summed E-state index contributed by atoms with van der Waals surface area (Å²) in [6.07, 6.45) is -1.01. The number of oxime groups is 1. The van der Waals surface area contributed by atoms with Crippen LogP contribution in [0.3, 0.4) is 0 Å². The molecule has 1 aliphatic rings. The number of carboxylic acids is 1. The molecule has 1 aromatic heterocycles. The zero-order chi connectivity index (χ0) is 13.1. The van der Waals surface area contributed by atoms with E-state index in [9.17, 15) is 9.59 Å². The second-order valence-corrected chi connectivity index (χ2v) is 3.64. The average Bonchev–Trinajstić information content (AvgIpc) is 3.00. The van der Waals surface area contributed by atoms with Crippen LogP contribution >= 0.6 is 0 Å². The summed E-state index contributed by atoms with van der Waals surface area (Å²) in [5.74, 6) is -1.36. The number of carbonyl (C=O) groups excluding carboxylic acids is 1. The van der Waals surface area contributed by atoms with Gasteiger partial charge in [-0.1, -0.05) is 10.4 Å². The summed E-state index contributed by atoms with van der Waals surface area (Å²) < 4.78 is 0. The molecule has 2 rings (SSSR count). The molecule has 0 spiro atoms. The van der Waals surface area contributed by atoms with Crippen LogP contribution in [0.25, 0.3) is 0 Å². The predicted octanol–water partition coefficient (Wildman–Crippen LogP) is -1.39. The van der Waals surface area contributed by atoms with Gasteiger partial charge >= 0.3 is 5.97 Å². The molecule has 1 aromatic rings. The number of hydrogen-bond acceptors (Lipinski definition) is 7. The summed E-state index contributed by atoms with van der Waals surface area (Å²) in [6.45, 7) is 1.66. The SMILES string of the molecule is CC(NC(=O)C1CC(C(=O)O)=NO1)c1nn[nH]n1. The second-order valence-electron chi connectivity index (χ2n) is 3.64. The van der Waals surface area contributed by atoms with Crippen LogP contribution in [0.1, 0.15) is 25.2 Å². The van der Waals surface area contributed by atoms with Gasteiger partial charge in [-0.05, 0) is 6.92 Å². The van der Waals surface area contributed by atoms with Crippen molar-refractivity contribution in [3.05, 3.63) is 5.82 Å². The van der Waals surface area contributed by atoms with Gasteiger partial charge in [0.2, 0.25) is 6.10 Å². The lowest BCUT2D eigenvalue weighted by Crippen LogP contribution is -2.37. The van der Waals surface area contributed by atoms with E-state index in [2.05, 4.69) is 31.1 Å². The lowest BCUT2D eigenvalue weighted by atomic mass is 10.1. The van der Waals surface area contributed by atoms with Gasteiger partial charge in [-0.3, -0.25) is 4.79 Å². The van der Waals surface area contributed by atoms with E-state index in [1.807, 2.05) is 0 Å². The second kappa shape index (κ2) is 4.77. The van der Waals surface area contributed by atoms with Crippen LogP contribution < -0.4 is 5.32 Å². The van der Waals surface area contributed by atoms with Crippen molar-refractivity contribution in [3.8, 4) is 0 Å². The van der Waals surface area contributed by atoms with Crippen molar-refractivity contribution in [2.45, 2.75) is 25.5 Å². The third kappa shape index (κ3) is 2.42.